The first kappa shape index (κ1) is 25.2. The molecule has 186 valence electrons. The summed E-state index contributed by atoms with van der Waals surface area (Å²) in [5.41, 5.74) is 2.15. The number of ketones is 2. The molecule has 0 unspecified atom stereocenters. The van der Waals surface area contributed by atoms with E-state index < -0.39 is 11.9 Å². The molecule has 0 amide bonds. The molecule has 2 aliphatic rings. The van der Waals surface area contributed by atoms with Gasteiger partial charge in [0.05, 0.1) is 37.6 Å². The second-order valence-electron chi connectivity index (χ2n) is 8.30. The van der Waals surface area contributed by atoms with E-state index in [-0.39, 0.29) is 49.1 Å². The van der Waals surface area contributed by atoms with Gasteiger partial charge in [0.2, 0.25) is 0 Å². The molecule has 0 aromatic heterocycles. The third-order valence-electron chi connectivity index (χ3n) is 5.79. The van der Waals surface area contributed by atoms with Crippen LogP contribution < -0.4 is 0 Å². The normalized spacial score (nSPS) is 15.4. The van der Waals surface area contributed by atoms with Crippen LogP contribution in [0.5, 0.6) is 0 Å². The Hall–Kier alpha value is -3.88. The number of rotatable bonds is 2. The minimum atomic E-state index is -0.535. The van der Waals surface area contributed by atoms with Gasteiger partial charge in [-0.15, -0.1) is 0 Å². The van der Waals surface area contributed by atoms with Crippen LogP contribution in [0, 0.1) is 0 Å². The first-order valence-electron chi connectivity index (χ1n) is 11.6. The van der Waals surface area contributed by atoms with Gasteiger partial charge in [0.1, 0.15) is 13.2 Å². The molecule has 0 aliphatic carbocycles. The Kier molecular flexibility index (Phi) is 7.87. The summed E-state index contributed by atoms with van der Waals surface area (Å²) in [6.45, 7) is 3.91. The van der Waals surface area contributed by atoms with Gasteiger partial charge in [-0.1, -0.05) is 18.2 Å². The van der Waals surface area contributed by atoms with Crippen LogP contribution in [-0.2, 0) is 18.9 Å². The van der Waals surface area contributed by atoms with Crippen molar-refractivity contribution >= 4 is 34.3 Å². The molecule has 2 heterocycles. The molecular weight excluding hydrogens is 464 g/mol. The summed E-state index contributed by atoms with van der Waals surface area (Å²) in [5.74, 6) is -1.65. The fourth-order valence-corrected chi connectivity index (χ4v) is 4.15. The van der Waals surface area contributed by atoms with E-state index in [0.29, 0.717) is 46.2 Å². The predicted molar refractivity (Wildman–Crippen MR) is 132 cm³/mol. The molecule has 0 radical (unpaired) electrons. The van der Waals surface area contributed by atoms with Crippen molar-refractivity contribution in [2.45, 2.75) is 13.8 Å². The third kappa shape index (κ3) is 5.50. The van der Waals surface area contributed by atoms with Crippen LogP contribution >= 0.6 is 0 Å². The molecule has 3 aromatic rings. The molecule has 0 fully saturated rings. The summed E-state index contributed by atoms with van der Waals surface area (Å²) in [6, 6.07) is 13.3. The smallest absolute Gasteiger partial charge is 0.338 e. The van der Waals surface area contributed by atoms with Gasteiger partial charge in [0.15, 0.2) is 11.6 Å². The van der Waals surface area contributed by atoms with E-state index >= 15 is 0 Å². The quantitative estimate of drug-likeness (QED) is 0.298. The van der Waals surface area contributed by atoms with Crippen LogP contribution in [0.2, 0.25) is 0 Å². The van der Waals surface area contributed by atoms with Crippen LogP contribution in [0.4, 0.5) is 0 Å². The summed E-state index contributed by atoms with van der Waals surface area (Å²) >= 11 is 0. The van der Waals surface area contributed by atoms with Crippen LogP contribution in [0.15, 0.2) is 48.5 Å². The van der Waals surface area contributed by atoms with Gasteiger partial charge in [-0.3, -0.25) is 9.59 Å². The van der Waals surface area contributed by atoms with Crippen molar-refractivity contribution in [3.05, 3.63) is 70.8 Å². The zero-order chi connectivity index (χ0) is 25.7. The van der Waals surface area contributed by atoms with E-state index in [4.69, 9.17) is 18.9 Å². The van der Waals surface area contributed by atoms with E-state index in [1.54, 1.807) is 48.5 Å². The van der Waals surface area contributed by atoms with Gasteiger partial charge in [-0.05, 0) is 60.5 Å². The minimum absolute atomic E-state index is 0.0604. The topological polar surface area (TPSA) is 105 Å². The SMILES string of the molecule is CC(=O)c1cc2cc3ccc2c(c1C(C)=O)-c1cccc(c1)C(=O)OCCOCCOCCOC3=O. The van der Waals surface area contributed by atoms with Crippen LogP contribution in [-0.4, -0.2) is 63.1 Å². The number of carbonyl (C=O) groups is 4. The van der Waals surface area contributed by atoms with E-state index in [9.17, 15) is 19.2 Å². The number of hydrogen-bond donors (Lipinski definition) is 0. The molecular formula is C28H26O8. The summed E-state index contributed by atoms with van der Waals surface area (Å²) in [4.78, 5) is 50.7. The zero-order valence-electron chi connectivity index (χ0n) is 20.1. The van der Waals surface area contributed by atoms with Gasteiger partial charge in [0, 0.05) is 16.7 Å². The Morgan fingerprint density at radius 2 is 1.25 bits per heavy atom. The minimum Gasteiger partial charge on any atom is -0.460 e. The maximum Gasteiger partial charge on any atom is 0.338 e. The molecule has 0 saturated heterocycles. The summed E-state index contributed by atoms with van der Waals surface area (Å²) in [6.07, 6.45) is 0. The Labute approximate surface area is 208 Å². The van der Waals surface area contributed by atoms with Gasteiger partial charge in [-0.25, -0.2) is 9.59 Å². The van der Waals surface area contributed by atoms with Crippen LogP contribution in [0.25, 0.3) is 21.9 Å². The van der Waals surface area contributed by atoms with Crippen molar-refractivity contribution in [3.8, 4) is 11.1 Å². The van der Waals surface area contributed by atoms with Crippen molar-refractivity contribution in [1.82, 2.24) is 0 Å². The number of Topliss-reactive ketones (excluding diaryl/α,β-unsaturated/α-hetero) is 2. The van der Waals surface area contributed by atoms with E-state index in [0.717, 1.165) is 0 Å². The van der Waals surface area contributed by atoms with Gasteiger partial charge < -0.3 is 18.9 Å². The number of fused-ring (bicyclic) bond motifs is 12. The van der Waals surface area contributed by atoms with E-state index in [1.807, 2.05) is 0 Å². The summed E-state index contributed by atoms with van der Waals surface area (Å²) in [7, 11) is 0. The third-order valence-corrected chi connectivity index (χ3v) is 5.79. The molecule has 0 spiro atoms. The first-order valence-corrected chi connectivity index (χ1v) is 11.6. The fourth-order valence-electron chi connectivity index (χ4n) is 4.15. The lowest BCUT2D eigenvalue weighted by molar-refractivity contribution is 0.00230. The van der Waals surface area contributed by atoms with E-state index in [1.165, 1.54) is 13.8 Å². The van der Waals surface area contributed by atoms with Crippen LogP contribution in [0.1, 0.15) is 55.3 Å². The first-order chi connectivity index (χ1) is 17.4. The number of carbonyl (C=O) groups excluding carboxylic acids is 4. The maximum absolute atomic E-state index is 12.8. The molecule has 2 aliphatic heterocycles. The Bertz CT molecular complexity index is 1340. The van der Waals surface area contributed by atoms with Crippen LogP contribution in [0.3, 0.4) is 0 Å². The van der Waals surface area contributed by atoms with Gasteiger partial charge in [0.25, 0.3) is 0 Å². The summed E-state index contributed by atoms with van der Waals surface area (Å²) < 4.78 is 21.4. The largest absolute Gasteiger partial charge is 0.460 e. The molecule has 8 heteroatoms. The maximum atomic E-state index is 12.8. The molecule has 5 rings (SSSR count). The highest BCUT2D eigenvalue weighted by atomic mass is 16.6. The van der Waals surface area contributed by atoms with Crippen molar-refractivity contribution in [1.29, 1.82) is 0 Å². The zero-order valence-corrected chi connectivity index (χ0v) is 20.1. The van der Waals surface area contributed by atoms with Crippen molar-refractivity contribution < 1.29 is 38.1 Å². The molecule has 0 saturated carbocycles. The molecule has 0 N–H and O–H groups in total. The number of ether oxygens (including phenoxy) is 4. The average Bonchev–Trinajstić information content (AvgIpc) is 2.87. The lowest BCUT2D eigenvalue weighted by Gasteiger charge is -2.17. The Morgan fingerprint density at radius 1 is 0.667 bits per heavy atom. The lowest BCUT2D eigenvalue weighted by Crippen LogP contribution is -2.15. The standard InChI is InChI=1S/C28H26O8/c1-17(29)24-16-22-15-21-6-7-23(22)26(25(24)18(2)30)19-4-3-5-20(14-19)27(31)35-12-10-33-8-9-34-11-13-36-28(21)32/h3-7,14-16H,8-13H2,1-2H3. The monoisotopic (exact) mass is 490 g/mol. The molecule has 3 aromatic carbocycles. The average molecular weight is 491 g/mol. The second kappa shape index (κ2) is 11.2. The highest BCUT2D eigenvalue weighted by Gasteiger charge is 2.22. The highest BCUT2D eigenvalue weighted by molar-refractivity contribution is 6.18. The molecule has 36 heavy (non-hydrogen) atoms. The fraction of sp³-hybridized carbons (Fsp3) is 0.286. The predicted octanol–water partition coefficient (Wildman–Crippen LogP) is 4.27. The Balaban J connectivity index is 1.91. The number of hydrogen-bond acceptors (Lipinski definition) is 8. The van der Waals surface area contributed by atoms with Crippen molar-refractivity contribution in [2.75, 3.05) is 39.6 Å². The van der Waals surface area contributed by atoms with Gasteiger partial charge >= 0.3 is 11.9 Å². The number of esters is 2. The van der Waals surface area contributed by atoms with Crippen molar-refractivity contribution in [2.24, 2.45) is 0 Å². The summed E-state index contributed by atoms with van der Waals surface area (Å²) in [5, 5.41) is 1.24. The lowest BCUT2D eigenvalue weighted by atomic mass is 9.86. The molecule has 8 nitrogen and oxygen atoms in total. The second-order valence-corrected chi connectivity index (χ2v) is 8.30. The highest BCUT2D eigenvalue weighted by Crippen LogP contribution is 2.36. The number of benzene rings is 3. The molecule has 6 bridgehead atoms. The Morgan fingerprint density at radius 3 is 1.86 bits per heavy atom. The molecule has 0 atom stereocenters. The van der Waals surface area contributed by atoms with Gasteiger partial charge in [-0.2, -0.15) is 0 Å². The van der Waals surface area contributed by atoms with E-state index in [2.05, 4.69) is 0 Å². The van der Waals surface area contributed by atoms with Crippen molar-refractivity contribution in [3.63, 3.8) is 0 Å².